The molecule has 32 heavy (non-hydrogen) atoms. The molecule has 0 amide bonds. The number of benzene rings is 2. The molecule has 1 aliphatic heterocycles. The summed E-state index contributed by atoms with van der Waals surface area (Å²) in [7, 11) is -4.09. The van der Waals surface area contributed by atoms with Gasteiger partial charge in [0.05, 0.1) is 4.90 Å². The van der Waals surface area contributed by atoms with E-state index < -0.39 is 34.5 Å². The van der Waals surface area contributed by atoms with E-state index in [1.165, 1.54) is 24.3 Å². The highest BCUT2D eigenvalue weighted by atomic mass is 32.2. The average Bonchev–Trinajstić information content (AvgIpc) is 3.07. The number of halogens is 6. The molecule has 0 radical (unpaired) electrons. The standard InChI is InChI=1S/C19H18F6N2O4S/c20-18(21,22)30-15-6-4-13(5-7-15)11-27-9-8-14(12-27)26-32(28,29)17-3-1-2-16(10-17)31-19(23,24)25/h1-7,10,14,26H,8-9,11-12H2/t14-/m1/s1. The van der Waals surface area contributed by atoms with Gasteiger partial charge in [0.25, 0.3) is 0 Å². The summed E-state index contributed by atoms with van der Waals surface area (Å²) in [6.45, 7) is 1.21. The summed E-state index contributed by atoms with van der Waals surface area (Å²) in [6, 6.07) is 8.92. The van der Waals surface area contributed by atoms with Crippen molar-refractivity contribution in [2.75, 3.05) is 13.1 Å². The molecule has 0 saturated carbocycles. The SMILES string of the molecule is O=S(=O)(N[C@@H]1CCN(Cc2ccc(OC(F)(F)F)cc2)C1)c1cccc(OC(F)(F)F)c1. The second-order valence-corrected chi connectivity index (χ2v) is 8.77. The fourth-order valence-corrected chi connectivity index (χ4v) is 4.55. The molecule has 2 aromatic rings. The molecule has 1 aliphatic rings. The molecule has 0 aromatic heterocycles. The Morgan fingerprint density at radius 1 is 0.938 bits per heavy atom. The van der Waals surface area contributed by atoms with Crippen molar-refractivity contribution in [2.45, 2.75) is 36.6 Å². The van der Waals surface area contributed by atoms with Gasteiger partial charge in [0.1, 0.15) is 11.5 Å². The van der Waals surface area contributed by atoms with Crippen LogP contribution in [0.3, 0.4) is 0 Å². The molecule has 0 bridgehead atoms. The molecule has 1 heterocycles. The Labute approximate surface area is 179 Å². The Hall–Kier alpha value is -2.51. The lowest BCUT2D eigenvalue weighted by Gasteiger charge is -2.17. The maximum absolute atomic E-state index is 12.6. The number of hydrogen-bond donors (Lipinski definition) is 1. The number of rotatable bonds is 7. The highest BCUT2D eigenvalue weighted by Gasteiger charge is 2.33. The Kier molecular flexibility index (Phi) is 6.91. The molecule has 2 aromatic carbocycles. The van der Waals surface area contributed by atoms with Crippen LogP contribution in [0.1, 0.15) is 12.0 Å². The lowest BCUT2D eigenvalue weighted by atomic mass is 10.2. The third-order valence-corrected chi connectivity index (χ3v) is 6.02. The van der Waals surface area contributed by atoms with Crippen LogP contribution in [0.15, 0.2) is 53.4 Å². The van der Waals surface area contributed by atoms with Crippen LogP contribution in [0.25, 0.3) is 0 Å². The van der Waals surface area contributed by atoms with Gasteiger partial charge in [0.15, 0.2) is 0 Å². The third-order valence-electron chi connectivity index (χ3n) is 4.51. The van der Waals surface area contributed by atoms with Gasteiger partial charge in [-0.1, -0.05) is 18.2 Å². The second-order valence-electron chi connectivity index (χ2n) is 7.06. The second kappa shape index (κ2) is 9.16. The number of likely N-dealkylation sites (tertiary alicyclic amines) is 1. The van der Waals surface area contributed by atoms with Gasteiger partial charge in [-0.05, 0) is 36.2 Å². The van der Waals surface area contributed by atoms with E-state index in [1.54, 1.807) is 0 Å². The molecule has 13 heteroatoms. The van der Waals surface area contributed by atoms with E-state index in [9.17, 15) is 34.8 Å². The number of sulfonamides is 1. The molecule has 1 atom stereocenters. The van der Waals surface area contributed by atoms with Crippen molar-refractivity contribution < 1.29 is 44.2 Å². The molecule has 6 nitrogen and oxygen atoms in total. The van der Waals surface area contributed by atoms with E-state index >= 15 is 0 Å². The van der Waals surface area contributed by atoms with E-state index in [0.29, 0.717) is 31.6 Å². The van der Waals surface area contributed by atoms with E-state index in [-0.39, 0.29) is 10.6 Å². The van der Waals surface area contributed by atoms with Crippen LogP contribution in [-0.4, -0.2) is 45.2 Å². The normalized spacial score (nSPS) is 18.0. The summed E-state index contributed by atoms with van der Waals surface area (Å²) in [5.74, 6) is -0.989. The molecule has 3 rings (SSSR count). The summed E-state index contributed by atoms with van der Waals surface area (Å²) >= 11 is 0. The molecular weight excluding hydrogens is 466 g/mol. The number of nitrogens with one attached hydrogen (secondary N) is 1. The highest BCUT2D eigenvalue weighted by molar-refractivity contribution is 7.89. The minimum Gasteiger partial charge on any atom is -0.406 e. The van der Waals surface area contributed by atoms with Gasteiger partial charge in [-0.2, -0.15) is 0 Å². The van der Waals surface area contributed by atoms with Crippen LogP contribution in [0, 0.1) is 0 Å². The Balaban J connectivity index is 1.57. The van der Waals surface area contributed by atoms with Crippen LogP contribution >= 0.6 is 0 Å². The van der Waals surface area contributed by atoms with E-state index in [4.69, 9.17) is 0 Å². The largest absolute Gasteiger partial charge is 0.573 e. The molecule has 0 unspecified atom stereocenters. The van der Waals surface area contributed by atoms with Gasteiger partial charge < -0.3 is 9.47 Å². The van der Waals surface area contributed by atoms with Crippen LogP contribution in [0.2, 0.25) is 0 Å². The predicted molar refractivity (Wildman–Crippen MR) is 100 cm³/mol. The van der Waals surface area contributed by atoms with E-state index in [0.717, 1.165) is 24.3 Å². The van der Waals surface area contributed by atoms with E-state index in [2.05, 4.69) is 14.2 Å². The number of nitrogens with zero attached hydrogens (tertiary/aromatic N) is 1. The maximum Gasteiger partial charge on any atom is 0.573 e. The fourth-order valence-electron chi connectivity index (χ4n) is 3.25. The van der Waals surface area contributed by atoms with Gasteiger partial charge in [-0.15, -0.1) is 26.3 Å². The molecule has 0 aliphatic carbocycles. The monoisotopic (exact) mass is 484 g/mol. The zero-order chi connectivity index (χ0) is 23.6. The first kappa shape index (κ1) is 24.1. The van der Waals surface area contributed by atoms with Crippen molar-refractivity contribution in [3.05, 3.63) is 54.1 Å². The van der Waals surface area contributed by atoms with Gasteiger partial charge in [0.2, 0.25) is 10.0 Å². The lowest BCUT2D eigenvalue weighted by molar-refractivity contribution is -0.275. The number of alkyl halides is 6. The first-order valence-corrected chi connectivity index (χ1v) is 10.7. The first-order valence-electron chi connectivity index (χ1n) is 9.24. The molecule has 1 fully saturated rings. The zero-order valence-corrected chi connectivity index (χ0v) is 17.1. The van der Waals surface area contributed by atoms with Gasteiger partial charge in [-0.3, -0.25) is 4.90 Å². The lowest BCUT2D eigenvalue weighted by Crippen LogP contribution is -2.37. The summed E-state index contributed by atoms with van der Waals surface area (Å²) in [6.07, 6.45) is -9.27. The van der Waals surface area contributed by atoms with Crippen molar-refractivity contribution in [1.29, 1.82) is 0 Å². The first-order chi connectivity index (χ1) is 14.8. The van der Waals surface area contributed by atoms with Crippen molar-refractivity contribution in [2.24, 2.45) is 0 Å². The number of hydrogen-bond acceptors (Lipinski definition) is 5. The minimum absolute atomic E-state index is 0.318. The fraction of sp³-hybridized carbons (Fsp3) is 0.368. The van der Waals surface area contributed by atoms with Crippen LogP contribution in [-0.2, 0) is 16.6 Å². The van der Waals surface area contributed by atoms with Crippen molar-refractivity contribution in [1.82, 2.24) is 9.62 Å². The molecule has 1 saturated heterocycles. The van der Waals surface area contributed by atoms with Gasteiger partial charge in [0, 0.05) is 31.7 Å². The van der Waals surface area contributed by atoms with Crippen LogP contribution in [0.4, 0.5) is 26.3 Å². The average molecular weight is 484 g/mol. The van der Waals surface area contributed by atoms with Gasteiger partial charge >= 0.3 is 12.7 Å². The molecule has 176 valence electrons. The van der Waals surface area contributed by atoms with Gasteiger partial charge in [-0.25, -0.2) is 13.1 Å². The Morgan fingerprint density at radius 3 is 2.19 bits per heavy atom. The highest BCUT2D eigenvalue weighted by Crippen LogP contribution is 2.26. The third kappa shape index (κ3) is 7.28. The molecule has 1 N–H and O–H groups in total. The molecular formula is C19H18F6N2O4S. The predicted octanol–water partition coefficient (Wildman–Crippen LogP) is 4.04. The Bertz CT molecular complexity index is 1030. The Morgan fingerprint density at radius 2 is 1.56 bits per heavy atom. The minimum atomic E-state index is -4.95. The van der Waals surface area contributed by atoms with Crippen molar-refractivity contribution in [3.8, 4) is 11.5 Å². The van der Waals surface area contributed by atoms with Crippen LogP contribution in [0.5, 0.6) is 11.5 Å². The van der Waals surface area contributed by atoms with Crippen molar-refractivity contribution in [3.63, 3.8) is 0 Å². The summed E-state index contributed by atoms with van der Waals surface area (Å²) in [5.41, 5.74) is 0.708. The van der Waals surface area contributed by atoms with E-state index in [1.807, 2.05) is 4.90 Å². The summed E-state index contributed by atoms with van der Waals surface area (Å²) in [4.78, 5) is 1.54. The smallest absolute Gasteiger partial charge is 0.406 e. The maximum atomic E-state index is 12.6. The summed E-state index contributed by atoms with van der Waals surface area (Å²) < 4.78 is 109. The summed E-state index contributed by atoms with van der Waals surface area (Å²) in [5, 5.41) is 0. The molecule has 0 spiro atoms. The topological polar surface area (TPSA) is 67.9 Å². The quantitative estimate of drug-likeness (QED) is 0.601. The van der Waals surface area contributed by atoms with Crippen LogP contribution < -0.4 is 14.2 Å². The van der Waals surface area contributed by atoms with Crippen molar-refractivity contribution >= 4 is 10.0 Å². The zero-order valence-electron chi connectivity index (χ0n) is 16.3. The number of ether oxygens (including phenoxy) is 2.